The molecule has 1 aliphatic rings. The number of hydrazone groups is 1. The first kappa shape index (κ1) is 4.36. The molecule has 0 atom stereocenters. The van der Waals surface area contributed by atoms with E-state index < -0.39 is 0 Å². The summed E-state index contributed by atoms with van der Waals surface area (Å²) in [6.45, 7) is 1.10. The summed E-state index contributed by atoms with van der Waals surface area (Å²) >= 11 is 0.361. The standard InChI is InChI=1S/C3H6IN2/c1-2-5-6-3-4-1/h3,5H,1-2H2/q-1. The first-order valence-electron chi connectivity index (χ1n) is 1.82. The van der Waals surface area contributed by atoms with Gasteiger partial charge in [0, 0.05) is 0 Å². The van der Waals surface area contributed by atoms with Gasteiger partial charge in [0.05, 0.1) is 0 Å². The van der Waals surface area contributed by atoms with Crippen molar-refractivity contribution in [3.63, 3.8) is 0 Å². The fourth-order valence-electron chi connectivity index (χ4n) is 0.279. The van der Waals surface area contributed by atoms with Crippen LogP contribution in [0.3, 0.4) is 0 Å². The molecule has 0 radical (unpaired) electrons. The number of hydrogen-bond donors (Lipinski definition) is 1. The SMILES string of the molecule is C1=NNCC[I-]1. The molecule has 0 saturated carbocycles. The molecule has 6 heavy (non-hydrogen) atoms. The van der Waals surface area contributed by atoms with E-state index in [1.165, 1.54) is 4.43 Å². The molecule has 0 aromatic carbocycles. The van der Waals surface area contributed by atoms with Crippen LogP contribution in [0.4, 0.5) is 0 Å². The van der Waals surface area contributed by atoms with Gasteiger partial charge in [0.2, 0.25) is 0 Å². The molecule has 1 aliphatic heterocycles. The second kappa shape index (κ2) is 2.39. The molecule has 0 unspecified atom stereocenters. The zero-order valence-corrected chi connectivity index (χ0v) is 5.47. The van der Waals surface area contributed by atoms with Crippen molar-refractivity contribution >= 4 is 4.22 Å². The zero-order chi connectivity index (χ0) is 4.24. The van der Waals surface area contributed by atoms with Crippen molar-refractivity contribution in [2.24, 2.45) is 5.10 Å². The molecule has 1 rings (SSSR count). The third kappa shape index (κ3) is 1.12. The Morgan fingerprint density at radius 3 is 3.00 bits per heavy atom. The summed E-state index contributed by atoms with van der Waals surface area (Å²) in [6, 6.07) is 0. The van der Waals surface area contributed by atoms with E-state index in [9.17, 15) is 0 Å². The molecule has 0 aliphatic carbocycles. The fraction of sp³-hybridized carbons (Fsp3) is 0.667. The Hall–Kier alpha value is 0.200. The second-order valence-electron chi connectivity index (χ2n) is 0.978. The Kier molecular flexibility index (Phi) is 1.73. The van der Waals surface area contributed by atoms with Crippen LogP contribution in [0.5, 0.6) is 0 Å². The summed E-state index contributed by atoms with van der Waals surface area (Å²) in [5.41, 5.74) is 2.88. The molecule has 0 aromatic rings. The van der Waals surface area contributed by atoms with Gasteiger partial charge >= 0.3 is 46.9 Å². The third-order valence-corrected chi connectivity index (χ3v) is 2.36. The van der Waals surface area contributed by atoms with Gasteiger partial charge in [-0.15, -0.1) is 0 Å². The summed E-state index contributed by atoms with van der Waals surface area (Å²) in [4.78, 5) is 0. The van der Waals surface area contributed by atoms with Crippen LogP contribution >= 0.6 is 0 Å². The van der Waals surface area contributed by atoms with Crippen molar-refractivity contribution in [3.8, 4) is 0 Å². The summed E-state index contributed by atoms with van der Waals surface area (Å²) in [7, 11) is 0. The van der Waals surface area contributed by atoms with E-state index in [2.05, 4.69) is 10.5 Å². The summed E-state index contributed by atoms with van der Waals surface area (Å²) in [5.74, 6) is 0. The van der Waals surface area contributed by atoms with E-state index in [4.69, 9.17) is 0 Å². The molecular formula is C3H6IN2-. The molecule has 0 spiro atoms. The zero-order valence-electron chi connectivity index (χ0n) is 3.32. The van der Waals surface area contributed by atoms with Crippen LogP contribution in [0.2, 0.25) is 0 Å². The average Bonchev–Trinajstić information content (AvgIpc) is 1.72. The van der Waals surface area contributed by atoms with E-state index in [0.717, 1.165) is 6.54 Å². The van der Waals surface area contributed by atoms with Crippen molar-refractivity contribution in [2.75, 3.05) is 11.0 Å². The quantitative estimate of drug-likeness (QED) is 0.318. The number of alkyl halides is 1. The van der Waals surface area contributed by atoms with Crippen LogP contribution in [-0.2, 0) is 0 Å². The first-order valence-corrected chi connectivity index (χ1v) is 4.59. The normalized spacial score (nSPS) is 21.3. The van der Waals surface area contributed by atoms with Gasteiger partial charge < -0.3 is 0 Å². The first-order chi connectivity index (χ1) is 3.00. The monoisotopic (exact) mass is 197 g/mol. The van der Waals surface area contributed by atoms with Crippen LogP contribution in [0.1, 0.15) is 0 Å². The molecular weight excluding hydrogens is 191 g/mol. The number of rotatable bonds is 0. The van der Waals surface area contributed by atoms with Gasteiger partial charge in [-0.2, -0.15) is 0 Å². The van der Waals surface area contributed by atoms with Gasteiger partial charge in [0.25, 0.3) is 0 Å². The summed E-state index contributed by atoms with van der Waals surface area (Å²) in [6.07, 6.45) is 0. The van der Waals surface area contributed by atoms with E-state index >= 15 is 0 Å². The number of halogens is 1. The minimum absolute atomic E-state index is 0.361. The van der Waals surface area contributed by atoms with Gasteiger partial charge in [-0.1, -0.05) is 0 Å². The topological polar surface area (TPSA) is 24.4 Å². The van der Waals surface area contributed by atoms with Gasteiger partial charge in [-0.05, 0) is 0 Å². The van der Waals surface area contributed by atoms with Crippen LogP contribution in [0, 0.1) is 0 Å². The molecule has 0 amide bonds. The predicted octanol–water partition coefficient (Wildman–Crippen LogP) is -3.38. The van der Waals surface area contributed by atoms with Crippen molar-refractivity contribution in [2.45, 2.75) is 0 Å². The Bertz CT molecular complexity index is 53.8. The van der Waals surface area contributed by atoms with Gasteiger partial charge in [-0.25, -0.2) is 0 Å². The number of nitrogens with one attached hydrogen (secondary N) is 1. The van der Waals surface area contributed by atoms with Gasteiger partial charge in [0.15, 0.2) is 0 Å². The predicted molar refractivity (Wildman–Crippen MR) is 21.4 cm³/mol. The molecule has 0 bridgehead atoms. The molecule has 1 N–H and O–H groups in total. The molecule has 1 heterocycles. The summed E-state index contributed by atoms with van der Waals surface area (Å²) < 4.78 is 3.37. The molecule has 36 valence electrons. The Morgan fingerprint density at radius 1 is 1.83 bits per heavy atom. The molecule has 0 aromatic heterocycles. The van der Waals surface area contributed by atoms with Crippen LogP contribution < -0.4 is 26.6 Å². The number of hydrogen-bond acceptors (Lipinski definition) is 2. The van der Waals surface area contributed by atoms with Crippen molar-refractivity contribution < 1.29 is 21.2 Å². The maximum absolute atomic E-state index is 3.85. The molecule has 3 heteroatoms. The second-order valence-corrected chi connectivity index (χ2v) is 3.49. The third-order valence-electron chi connectivity index (χ3n) is 0.524. The van der Waals surface area contributed by atoms with Gasteiger partial charge in [0.1, 0.15) is 0 Å². The van der Waals surface area contributed by atoms with E-state index in [-0.39, 0.29) is 0 Å². The Labute approximate surface area is 47.3 Å². The molecule has 2 nitrogen and oxygen atoms in total. The van der Waals surface area contributed by atoms with Crippen molar-refractivity contribution in [1.82, 2.24) is 5.43 Å². The molecule has 0 saturated heterocycles. The van der Waals surface area contributed by atoms with E-state index in [1.807, 2.05) is 4.22 Å². The summed E-state index contributed by atoms with van der Waals surface area (Å²) in [5, 5.41) is 3.85. The van der Waals surface area contributed by atoms with Crippen LogP contribution in [-0.4, -0.2) is 15.2 Å². The van der Waals surface area contributed by atoms with Crippen LogP contribution in [0.25, 0.3) is 0 Å². The van der Waals surface area contributed by atoms with Crippen molar-refractivity contribution in [3.05, 3.63) is 0 Å². The van der Waals surface area contributed by atoms with Gasteiger partial charge in [-0.3, -0.25) is 0 Å². The van der Waals surface area contributed by atoms with E-state index in [1.54, 1.807) is 0 Å². The minimum atomic E-state index is 0.361. The Morgan fingerprint density at radius 2 is 2.83 bits per heavy atom. The van der Waals surface area contributed by atoms with Crippen molar-refractivity contribution in [1.29, 1.82) is 0 Å². The number of nitrogens with zero attached hydrogens (tertiary/aromatic N) is 1. The van der Waals surface area contributed by atoms with E-state index in [0.29, 0.717) is 21.2 Å². The van der Waals surface area contributed by atoms with Crippen LogP contribution in [0.15, 0.2) is 5.10 Å². The Balaban J connectivity index is 2.26. The average molecular weight is 197 g/mol. The fourth-order valence-corrected chi connectivity index (χ4v) is 1.50. The molecule has 0 fully saturated rings. The maximum atomic E-state index is 3.85.